The van der Waals surface area contributed by atoms with E-state index < -0.39 is 18.1 Å². The Morgan fingerprint density at radius 1 is 1.28 bits per heavy atom. The fourth-order valence-electron chi connectivity index (χ4n) is 2.35. The van der Waals surface area contributed by atoms with Crippen molar-refractivity contribution in [2.75, 3.05) is 24.8 Å². The Hall–Kier alpha value is -2.48. The first-order chi connectivity index (χ1) is 13.6. The van der Waals surface area contributed by atoms with Gasteiger partial charge in [-0.25, -0.2) is 27.7 Å². The Labute approximate surface area is 173 Å². The highest BCUT2D eigenvalue weighted by Gasteiger charge is 2.32. The van der Waals surface area contributed by atoms with Gasteiger partial charge in [-0.05, 0) is 31.0 Å². The van der Waals surface area contributed by atoms with Crippen molar-refractivity contribution < 1.29 is 17.9 Å². The number of aryl methyl sites for hydroxylation is 1. The predicted molar refractivity (Wildman–Crippen MR) is 114 cm³/mol. The molecule has 0 aliphatic carbocycles. The molecular formula is C19H26N4O4SSi. The van der Waals surface area contributed by atoms with Crippen molar-refractivity contribution in [1.82, 2.24) is 15.0 Å². The largest absolute Gasteiger partial charge is 0.478 e. The molecule has 2 heterocycles. The second-order valence-electron chi connectivity index (χ2n) is 7.54. The summed E-state index contributed by atoms with van der Waals surface area (Å²) in [5.74, 6) is 2.42. The van der Waals surface area contributed by atoms with Crippen LogP contribution >= 0.6 is 0 Å². The van der Waals surface area contributed by atoms with Crippen LogP contribution in [-0.4, -0.2) is 51.9 Å². The standard InChI is InChI=1S/C19H26N4O4SSi/c1-7-16-17(9-8-10-20-16)28(24,25)23(14-27-11-12-29(4,5)6)18-19(26-3)22-15(2)13-21-18/h1,8-10,13H,11-12,14H2,2-6H3. The minimum atomic E-state index is -4.13. The SMILES string of the molecule is C#Cc1ncccc1S(=O)(=O)N(COCC[Si](C)(C)C)c1ncc(C)nc1OC. The van der Waals surface area contributed by atoms with Crippen molar-refractivity contribution in [3.8, 4) is 18.2 Å². The molecular weight excluding hydrogens is 408 g/mol. The van der Waals surface area contributed by atoms with Crippen LogP contribution in [0.4, 0.5) is 5.82 Å². The van der Waals surface area contributed by atoms with Gasteiger partial charge in [-0.3, -0.25) is 0 Å². The van der Waals surface area contributed by atoms with Gasteiger partial charge in [0, 0.05) is 20.9 Å². The Balaban J connectivity index is 2.48. The smallest absolute Gasteiger partial charge is 0.270 e. The van der Waals surface area contributed by atoms with Crippen LogP contribution in [0.2, 0.25) is 25.7 Å². The lowest BCUT2D eigenvalue weighted by Gasteiger charge is -2.25. The molecule has 0 atom stereocenters. The molecule has 0 aliphatic rings. The van der Waals surface area contributed by atoms with Crippen LogP contribution in [0.3, 0.4) is 0 Å². The first-order valence-corrected chi connectivity index (χ1v) is 14.1. The van der Waals surface area contributed by atoms with Gasteiger partial charge in [-0.1, -0.05) is 19.6 Å². The Bertz CT molecular complexity index is 1000. The van der Waals surface area contributed by atoms with Gasteiger partial charge < -0.3 is 9.47 Å². The third-order valence-electron chi connectivity index (χ3n) is 3.95. The lowest BCUT2D eigenvalue weighted by atomic mass is 10.4. The van der Waals surface area contributed by atoms with E-state index in [-0.39, 0.29) is 29.0 Å². The van der Waals surface area contributed by atoms with E-state index in [9.17, 15) is 8.42 Å². The maximum absolute atomic E-state index is 13.5. The highest BCUT2D eigenvalue weighted by molar-refractivity contribution is 7.92. The summed E-state index contributed by atoms with van der Waals surface area (Å²) in [6, 6.07) is 3.80. The van der Waals surface area contributed by atoms with Crippen molar-refractivity contribution in [3.63, 3.8) is 0 Å². The zero-order valence-electron chi connectivity index (χ0n) is 17.3. The second kappa shape index (κ2) is 9.34. The molecule has 156 valence electrons. The van der Waals surface area contributed by atoms with Crippen LogP contribution in [0.5, 0.6) is 5.88 Å². The van der Waals surface area contributed by atoms with Crippen LogP contribution in [0, 0.1) is 19.3 Å². The summed E-state index contributed by atoms with van der Waals surface area (Å²) in [5.41, 5.74) is 0.604. The lowest BCUT2D eigenvalue weighted by molar-refractivity contribution is 0.155. The number of hydrogen-bond acceptors (Lipinski definition) is 7. The molecule has 2 aromatic heterocycles. The summed E-state index contributed by atoms with van der Waals surface area (Å²) in [4.78, 5) is 12.3. The molecule has 0 spiro atoms. The number of hydrogen-bond donors (Lipinski definition) is 0. The molecule has 8 nitrogen and oxygen atoms in total. The van der Waals surface area contributed by atoms with E-state index in [2.05, 4.69) is 40.5 Å². The zero-order valence-corrected chi connectivity index (χ0v) is 19.2. The van der Waals surface area contributed by atoms with Gasteiger partial charge in [-0.15, -0.1) is 6.42 Å². The molecule has 0 aromatic carbocycles. The van der Waals surface area contributed by atoms with Crippen molar-refractivity contribution >= 4 is 23.9 Å². The van der Waals surface area contributed by atoms with E-state index in [0.717, 1.165) is 10.3 Å². The van der Waals surface area contributed by atoms with Crippen LogP contribution in [0.15, 0.2) is 29.4 Å². The highest BCUT2D eigenvalue weighted by Crippen LogP contribution is 2.29. The van der Waals surface area contributed by atoms with Crippen LogP contribution in [0.1, 0.15) is 11.4 Å². The van der Waals surface area contributed by atoms with Gasteiger partial charge in [0.25, 0.3) is 15.9 Å². The minimum absolute atomic E-state index is 0.0126. The van der Waals surface area contributed by atoms with E-state index in [0.29, 0.717) is 12.3 Å². The first-order valence-electron chi connectivity index (χ1n) is 9.00. The van der Waals surface area contributed by atoms with Crippen molar-refractivity contribution in [2.45, 2.75) is 37.5 Å². The molecule has 0 fully saturated rings. The Kier molecular flexibility index (Phi) is 7.35. The highest BCUT2D eigenvalue weighted by atomic mass is 32.2. The monoisotopic (exact) mass is 434 g/mol. The fourth-order valence-corrected chi connectivity index (χ4v) is 4.52. The molecule has 0 unspecified atom stereocenters. The number of pyridine rings is 1. The summed E-state index contributed by atoms with van der Waals surface area (Å²) in [6.07, 6.45) is 8.36. The topological polar surface area (TPSA) is 94.5 Å². The van der Waals surface area contributed by atoms with Gasteiger partial charge in [0.05, 0.1) is 19.0 Å². The van der Waals surface area contributed by atoms with E-state index in [1.54, 1.807) is 6.92 Å². The van der Waals surface area contributed by atoms with E-state index >= 15 is 0 Å². The molecule has 0 N–H and O–H groups in total. The average Bonchev–Trinajstić information content (AvgIpc) is 2.67. The maximum atomic E-state index is 13.5. The summed E-state index contributed by atoms with van der Waals surface area (Å²) in [7, 11) is -4.06. The molecule has 0 radical (unpaired) electrons. The third-order valence-corrected chi connectivity index (χ3v) is 7.40. The summed E-state index contributed by atoms with van der Waals surface area (Å²) in [6.45, 7) is 8.56. The van der Waals surface area contributed by atoms with Gasteiger partial charge in [0.1, 0.15) is 17.3 Å². The normalized spacial score (nSPS) is 11.7. The van der Waals surface area contributed by atoms with Gasteiger partial charge >= 0.3 is 0 Å². The Morgan fingerprint density at radius 3 is 2.62 bits per heavy atom. The molecule has 10 heteroatoms. The van der Waals surface area contributed by atoms with Crippen LogP contribution < -0.4 is 9.04 Å². The summed E-state index contributed by atoms with van der Waals surface area (Å²) < 4.78 is 38.9. The number of rotatable bonds is 9. The zero-order chi connectivity index (χ0) is 21.7. The fraction of sp³-hybridized carbons (Fsp3) is 0.421. The predicted octanol–water partition coefficient (Wildman–Crippen LogP) is 2.68. The number of terminal acetylenes is 1. The summed E-state index contributed by atoms with van der Waals surface area (Å²) >= 11 is 0. The number of aromatic nitrogens is 3. The number of sulfonamides is 1. The number of nitrogens with zero attached hydrogens (tertiary/aromatic N) is 4. The van der Waals surface area contributed by atoms with Crippen molar-refractivity contribution in [2.24, 2.45) is 0 Å². The van der Waals surface area contributed by atoms with Crippen LogP contribution in [-0.2, 0) is 14.8 Å². The minimum Gasteiger partial charge on any atom is -0.478 e. The molecule has 0 bridgehead atoms. The van der Waals surface area contributed by atoms with E-state index in [1.165, 1.54) is 31.6 Å². The molecule has 2 rings (SSSR count). The van der Waals surface area contributed by atoms with Crippen molar-refractivity contribution in [1.29, 1.82) is 0 Å². The van der Waals surface area contributed by atoms with Crippen molar-refractivity contribution in [3.05, 3.63) is 35.9 Å². The second-order valence-corrected chi connectivity index (χ2v) is 15.0. The molecule has 0 saturated heterocycles. The van der Waals surface area contributed by atoms with E-state index in [4.69, 9.17) is 15.9 Å². The first kappa shape index (κ1) is 22.8. The summed E-state index contributed by atoms with van der Waals surface area (Å²) in [5, 5.41) is 0. The number of anilines is 1. The van der Waals surface area contributed by atoms with Crippen LogP contribution in [0.25, 0.3) is 0 Å². The molecule has 29 heavy (non-hydrogen) atoms. The van der Waals surface area contributed by atoms with Gasteiger partial charge in [-0.2, -0.15) is 0 Å². The molecule has 0 amide bonds. The van der Waals surface area contributed by atoms with E-state index in [1.807, 2.05) is 0 Å². The third kappa shape index (κ3) is 5.76. The quantitative estimate of drug-likeness (QED) is 0.259. The maximum Gasteiger partial charge on any atom is 0.270 e. The molecule has 0 aliphatic heterocycles. The lowest BCUT2D eigenvalue weighted by Crippen LogP contribution is -2.36. The number of ether oxygens (including phenoxy) is 2. The molecule has 2 aromatic rings. The van der Waals surface area contributed by atoms with Gasteiger partial charge in [0.2, 0.25) is 5.82 Å². The Morgan fingerprint density at radius 2 is 2.00 bits per heavy atom. The number of methoxy groups -OCH3 is 1. The van der Waals surface area contributed by atoms with Gasteiger partial charge in [0.15, 0.2) is 0 Å². The molecule has 0 saturated carbocycles. The average molecular weight is 435 g/mol.